The van der Waals surface area contributed by atoms with Crippen molar-refractivity contribution < 1.29 is 75.4 Å². The molecule has 5 amide bonds. The molecular weight excluding hydrogens is 776 g/mol. The maximum atomic E-state index is 13.3. The van der Waals surface area contributed by atoms with Crippen molar-refractivity contribution in [3.8, 4) is 0 Å². The molecule has 0 aliphatic carbocycles. The van der Waals surface area contributed by atoms with E-state index >= 15 is 0 Å². The minimum atomic E-state index is -4.74. The number of carbonyl (C=O) groups excluding carboxylic acids is 3. The number of aliphatic hydroxyl groups is 4. The van der Waals surface area contributed by atoms with Gasteiger partial charge in [0.15, 0.2) is 6.29 Å². The van der Waals surface area contributed by atoms with Crippen molar-refractivity contribution >= 4 is 29.3 Å². The minimum absolute atomic E-state index is 0.0382. The van der Waals surface area contributed by atoms with E-state index in [2.05, 4.69) is 26.6 Å². The van der Waals surface area contributed by atoms with Crippen LogP contribution in [0, 0.1) is 0 Å². The fourth-order valence-electron chi connectivity index (χ4n) is 6.39. The zero-order valence-corrected chi connectivity index (χ0v) is 30.7. The number of hydrogen-bond donors (Lipinski definition) is 9. The van der Waals surface area contributed by atoms with Gasteiger partial charge in [-0.2, -0.15) is 26.3 Å². The molecule has 2 fully saturated rings. The highest BCUT2D eigenvalue weighted by Crippen LogP contribution is 2.32. The van der Waals surface area contributed by atoms with Gasteiger partial charge in [-0.25, -0.2) is 9.59 Å². The topological polar surface area (TPSA) is 220 Å². The first-order valence-corrected chi connectivity index (χ1v) is 18.2. The number of urea groups is 2. The van der Waals surface area contributed by atoms with E-state index in [1.807, 2.05) is 6.92 Å². The van der Waals surface area contributed by atoms with E-state index in [9.17, 15) is 61.2 Å². The number of nitrogens with one attached hydrogen (secondary N) is 5. The summed E-state index contributed by atoms with van der Waals surface area (Å²) in [7, 11) is 0. The molecule has 21 heteroatoms. The van der Waals surface area contributed by atoms with E-state index in [4.69, 9.17) is 14.2 Å². The molecular formula is C36H47F6N5O10. The molecule has 0 saturated carbocycles. The van der Waals surface area contributed by atoms with Crippen molar-refractivity contribution in [2.24, 2.45) is 0 Å². The van der Waals surface area contributed by atoms with Gasteiger partial charge in [-0.15, -0.1) is 0 Å². The summed E-state index contributed by atoms with van der Waals surface area (Å²) in [5, 5.41) is 54.0. The quantitative estimate of drug-likeness (QED) is 0.0941. The predicted molar refractivity (Wildman–Crippen MR) is 190 cm³/mol. The Hall–Kier alpha value is -4.25. The van der Waals surface area contributed by atoms with Crippen molar-refractivity contribution in [1.29, 1.82) is 0 Å². The molecule has 4 rings (SSSR count). The van der Waals surface area contributed by atoms with Gasteiger partial charge in [0.05, 0.1) is 43.0 Å². The molecule has 2 aromatic carbocycles. The lowest BCUT2D eigenvalue weighted by Gasteiger charge is -2.47. The van der Waals surface area contributed by atoms with Crippen LogP contribution in [0.25, 0.3) is 0 Å². The summed E-state index contributed by atoms with van der Waals surface area (Å²) in [5.41, 5.74) is -2.67. The Labute approximate surface area is 323 Å². The van der Waals surface area contributed by atoms with Crippen LogP contribution in [0.5, 0.6) is 0 Å². The van der Waals surface area contributed by atoms with Crippen LogP contribution in [0.4, 0.5) is 47.3 Å². The average molecular weight is 824 g/mol. The van der Waals surface area contributed by atoms with Crippen LogP contribution in [0.2, 0.25) is 0 Å². The Bertz CT molecular complexity index is 1640. The van der Waals surface area contributed by atoms with Gasteiger partial charge in [0.1, 0.15) is 36.6 Å². The number of unbranched alkanes of at least 4 members (excludes halogenated alkanes) is 4. The van der Waals surface area contributed by atoms with Gasteiger partial charge in [-0.3, -0.25) is 4.79 Å². The zero-order chi connectivity index (χ0) is 41.9. The SMILES string of the molecule is CCCCCCCC(=O)N[C@@H]1[C@H](O[C@@H]2O[C@H](CO)[C@@H](O)[C@H](O)[C@H]2NC(=O)Nc2cccc(C(F)(F)F)c2)[C@@H](NC(=O)Nc2cccc(C(F)(F)F)c2)CO[C@@H]1CO. The van der Waals surface area contributed by atoms with Crippen molar-refractivity contribution in [3.63, 3.8) is 0 Å². The Morgan fingerprint density at radius 1 is 0.754 bits per heavy atom. The van der Waals surface area contributed by atoms with Crippen LogP contribution in [-0.4, -0.2) is 113 Å². The first-order valence-electron chi connectivity index (χ1n) is 18.2. The van der Waals surface area contributed by atoms with E-state index < -0.39 is 116 Å². The number of benzene rings is 2. The third-order valence-electron chi connectivity index (χ3n) is 9.34. The third kappa shape index (κ3) is 12.9. The molecule has 9 N–H and O–H groups in total. The summed E-state index contributed by atoms with van der Waals surface area (Å²) >= 11 is 0. The molecule has 2 saturated heterocycles. The second-order valence-electron chi connectivity index (χ2n) is 13.6. The summed E-state index contributed by atoms with van der Waals surface area (Å²) in [5.74, 6) is -0.510. The van der Waals surface area contributed by atoms with Gasteiger partial charge in [-0.1, -0.05) is 44.7 Å². The second-order valence-corrected chi connectivity index (χ2v) is 13.6. The van der Waals surface area contributed by atoms with Crippen LogP contribution in [-0.2, 0) is 31.4 Å². The monoisotopic (exact) mass is 823 g/mol. The lowest BCUT2D eigenvalue weighted by atomic mass is 9.93. The van der Waals surface area contributed by atoms with Crippen molar-refractivity contribution in [2.45, 2.75) is 113 Å². The first kappa shape index (κ1) is 45.5. The summed E-state index contributed by atoms with van der Waals surface area (Å²) < 4.78 is 97.7. The van der Waals surface area contributed by atoms with Gasteiger partial charge < -0.3 is 61.2 Å². The number of halogens is 6. The summed E-state index contributed by atoms with van der Waals surface area (Å²) in [6.07, 6.45) is -15.2. The van der Waals surface area contributed by atoms with Gasteiger partial charge in [0, 0.05) is 17.8 Å². The maximum Gasteiger partial charge on any atom is 0.416 e. The smallest absolute Gasteiger partial charge is 0.394 e. The molecule has 2 aliphatic rings. The lowest BCUT2D eigenvalue weighted by molar-refractivity contribution is -0.293. The summed E-state index contributed by atoms with van der Waals surface area (Å²) in [6.45, 7) is 0.0204. The number of aliphatic hydroxyl groups excluding tert-OH is 4. The second kappa shape index (κ2) is 20.4. The van der Waals surface area contributed by atoms with Crippen LogP contribution in [0.1, 0.15) is 56.6 Å². The van der Waals surface area contributed by atoms with Crippen LogP contribution in [0.3, 0.4) is 0 Å². The molecule has 15 nitrogen and oxygen atoms in total. The molecule has 0 spiro atoms. The molecule has 0 bridgehead atoms. The van der Waals surface area contributed by atoms with Crippen LogP contribution < -0.4 is 26.6 Å². The van der Waals surface area contributed by atoms with Gasteiger partial charge in [0.2, 0.25) is 5.91 Å². The summed E-state index contributed by atoms with van der Waals surface area (Å²) in [4.78, 5) is 39.6. The van der Waals surface area contributed by atoms with E-state index in [0.29, 0.717) is 18.6 Å². The Morgan fingerprint density at radius 2 is 1.32 bits per heavy atom. The average Bonchev–Trinajstić information content (AvgIpc) is 3.15. The Kier molecular flexibility index (Phi) is 16.3. The maximum absolute atomic E-state index is 13.3. The summed E-state index contributed by atoms with van der Waals surface area (Å²) in [6, 6.07) is 0.797. The predicted octanol–water partition coefficient (Wildman–Crippen LogP) is 3.47. The van der Waals surface area contributed by atoms with Gasteiger partial charge in [0.25, 0.3) is 0 Å². The zero-order valence-electron chi connectivity index (χ0n) is 30.7. The first-order chi connectivity index (χ1) is 26.9. The molecule has 0 aromatic heterocycles. The Morgan fingerprint density at radius 3 is 1.86 bits per heavy atom. The number of hydrogen-bond acceptors (Lipinski definition) is 10. The number of alkyl halides is 6. The van der Waals surface area contributed by atoms with Gasteiger partial charge >= 0.3 is 24.4 Å². The highest BCUT2D eigenvalue weighted by molar-refractivity contribution is 5.90. The Balaban J connectivity index is 1.63. The highest BCUT2D eigenvalue weighted by Gasteiger charge is 2.50. The number of anilines is 2. The lowest BCUT2D eigenvalue weighted by Crippen LogP contribution is -2.70. The number of rotatable bonds is 15. The molecule has 2 aromatic rings. The van der Waals surface area contributed by atoms with Crippen LogP contribution in [0.15, 0.2) is 48.5 Å². The normalized spacial score (nSPS) is 26.6. The molecule has 9 atom stereocenters. The van der Waals surface area contributed by atoms with Crippen molar-refractivity contribution in [2.75, 3.05) is 30.5 Å². The fourth-order valence-corrected chi connectivity index (χ4v) is 6.39. The number of carbonyl (C=O) groups is 3. The highest BCUT2D eigenvalue weighted by atomic mass is 19.4. The molecule has 0 radical (unpaired) electrons. The minimum Gasteiger partial charge on any atom is -0.394 e. The molecule has 2 aliphatic heterocycles. The van der Waals surface area contributed by atoms with E-state index in [1.54, 1.807) is 0 Å². The molecule has 57 heavy (non-hydrogen) atoms. The van der Waals surface area contributed by atoms with Crippen molar-refractivity contribution in [1.82, 2.24) is 16.0 Å². The van der Waals surface area contributed by atoms with E-state index in [0.717, 1.165) is 56.0 Å². The molecule has 318 valence electrons. The van der Waals surface area contributed by atoms with Gasteiger partial charge in [-0.05, 0) is 42.8 Å². The third-order valence-corrected chi connectivity index (χ3v) is 9.34. The number of amides is 5. The van der Waals surface area contributed by atoms with E-state index in [1.165, 1.54) is 6.07 Å². The molecule has 0 unspecified atom stereocenters. The standard InChI is InChI=1S/C36H47F6N5O10/c1-2-3-4-5-6-13-26(50)46-27-24(16-48)55-18-23(45-33(53)43-21-11-7-9-19(14-21)35(37,38)39)31(27)57-32-28(30(52)29(51)25(17-49)56-32)47-34(54)44-22-12-8-10-20(15-22)36(40,41)42/h7-12,14-15,23-25,27-32,48-49,51-52H,2-6,13,16-18H2,1H3,(H,46,50)(H2,43,45,53)(H2,44,47,54)/t23-,24+,25+,27-,28+,29+,30+,31+,32-/m0/s1. The van der Waals surface area contributed by atoms with Crippen LogP contribution >= 0.6 is 0 Å². The van der Waals surface area contributed by atoms with Crippen molar-refractivity contribution in [3.05, 3.63) is 59.7 Å². The number of ether oxygens (including phenoxy) is 3. The largest absolute Gasteiger partial charge is 0.416 e. The van der Waals surface area contributed by atoms with E-state index in [-0.39, 0.29) is 17.8 Å². The fraction of sp³-hybridized carbons (Fsp3) is 0.583. The molecule has 2 heterocycles.